The zero-order valence-corrected chi connectivity index (χ0v) is 12.9. The molecule has 3 aromatic rings. The fraction of sp³-hybridized carbons (Fsp3) is 0. The van der Waals surface area contributed by atoms with Gasteiger partial charge in [0, 0.05) is 5.02 Å². The molecule has 1 aromatic heterocycles. The van der Waals surface area contributed by atoms with Crippen LogP contribution in [0.25, 0.3) is 11.0 Å². The number of benzene rings is 2. The summed E-state index contributed by atoms with van der Waals surface area (Å²) in [6.45, 7) is 0. The summed E-state index contributed by atoms with van der Waals surface area (Å²) in [4.78, 5) is 20.8. The molecular weight excluding hydrogens is 365 g/mol. The molecule has 3 rings (SSSR count). The SMILES string of the molecule is O=[N+]([O-])c1cc([N+](=O)[O-])c2nonc2c1Nc1cc(Cl)ccc1Cl. The summed E-state index contributed by atoms with van der Waals surface area (Å²) in [5, 5.41) is 32.6. The minimum Gasteiger partial charge on any atom is -0.347 e. The molecule has 1 heterocycles. The van der Waals surface area contributed by atoms with Crippen LogP contribution in [0.2, 0.25) is 10.0 Å². The Morgan fingerprint density at radius 1 is 1.00 bits per heavy atom. The van der Waals surface area contributed by atoms with Crippen LogP contribution in [-0.2, 0) is 0 Å². The highest BCUT2D eigenvalue weighted by atomic mass is 35.5. The predicted molar refractivity (Wildman–Crippen MR) is 84.9 cm³/mol. The smallest absolute Gasteiger partial charge is 0.307 e. The van der Waals surface area contributed by atoms with Crippen molar-refractivity contribution in [2.45, 2.75) is 0 Å². The quantitative estimate of drug-likeness (QED) is 0.535. The Labute approximate surface area is 142 Å². The molecule has 24 heavy (non-hydrogen) atoms. The molecule has 0 spiro atoms. The third-order valence-corrected chi connectivity index (χ3v) is 3.64. The Morgan fingerprint density at radius 3 is 2.33 bits per heavy atom. The molecule has 2 aromatic carbocycles. The lowest BCUT2D eigenvalue weighted by Crippen LogP contribution is -2.01. The van der Waals surface area contributed by atoms with Crippen molar-refractivity contribution in [2.75, 3.05) is 5.32 Å². The lowest BCUT2D eigenvalue weighted by molar-refractivity contribution is -0.392. The van der Waals surface area contributed by atoms with Gasteiger partial charge >= 0.3 is 11.4 Å². The number of nitrogens with one attached hydrogen (secondary N) is 1. The van der Waals surface area contributed by atoms with Gasteiger partial charge in [0.15, 0.2) is 5.52 Å². The van der Waals surface area contributed by atoms with Crippen molar-refractivity contribution >= 4 is 57.0 Å². The number of anilines is 2. The molecule has 0 saturated heterocycles. The van der Waals surface area contributed by atoms with Crippen LogP contribution in [0.5, 0.6) is 0 Å². The van der Waals surface area contributed by atoms with Crippen LogP contribution in [0, 0.1) is 20.2 Å². The second kappa shape index (κ2) is 5.91. The van der Waals surface area contributed by atoms with E-state index in [0.29, 0.717) is 5.02 Å². The van der Waals surface area contributed by atoms with E-state index in [-0.39, 0.29) is 27.4 Å². The first-order chi connectivity index (χ1) is 11.4. The van der Waals surface area contributed by atoms with E-state index >= 15 is 0 Å². The summed E-state index contributed by atoms with van der Waals surface area (Å²) in [5.41, 5.74) is -1.48. The van der Waals surface area contributed by atoms with Crippen molar-refractivity contribution in [2.24, 2.45) is 0 Å². The minimum absolute atomic E-state index is 0.147. The zero-order valence-electron chi connectivity index (χ0n) is 11.4. The van der Waals surface area contributed by atoms with Gasteiger partial charge < -0.3 is 5.32 Å². The van der Waals surface area contributed by atoms with E-state index in [1.165, 1.54) is 18.2 Å². The molecule has 0 aliphatic heterocycles. The Kier molecular flexibility index (Phi) is 3.91. The van der Waals surface area contributed by atoms with Gasteiger partial charge in [-0.15, -0.1) is 0 Å². The zero-order chi connectivity index (χ0) is 17.4. The van der Waals surface area contributed by atoms with Crippen molar-refractivity contribution in [3.63, 3.8) is 0 Å². The molecule has 0 atom stereocenters. The number of non-ortho nitro benzene ring substituents is 1. The van der Waals surface area contributed by atoms with Crippen LogP contribution in [0.15, 0.2) is 28.9 Å². The molecule has 12 heteroatoms. The summed E-state index contributed by atoms with van der Waals surface area (Å²) in [6.07, 6.45) is 0. The summed E-state index contributed by atoms with van der Waals surface area (Å²) in [7, 11) is 0. The van der Waals surface area contributed by atoms with Crippen molar-refractivity contribution in [3.8, 4) is 0 Å². The number of hydrogen-bond acceptors (Lipinski definition) is 8. The third-order valence-electron chi connectivity index (χ3n) is 3.08. The van der Waals surface area contributed by atoms with E-state index in [2.05, 4.69) is 20.3 Å². The normalized spacial score (nSPS) is 10.8. The van der Waals surface area contributed by atoms with Gasteiger partial charge in [0.2, 0.25) is 5.52 Å². The second-order valence-electron chi connectivity index (χ2n) is 4.51. The Balaban J connectivity index is 2.27. The van der Waals surface area contributed by atoms with Gasteiger partial charge in [-0.05, 0) is 28.5 Å². The average molecular weight is 370 g/mol. The van der Waals surface area contributed by atoms with E-state index in [1.807, 2.05) is 0 Å². The number of nitro benzene ring substituents is 2. The van der Waals surface area contributed by atoms with Crippen LogP contribution >= 0.6 is 23.2 Å². The summed E-state index contributed by atoms with van der Waals surface area (Å²) < 4.78 is 4.50. The number of rotatable bonds is 4. The van der Waals surface area contributed by atoms with Gasteiger partial charge in [-0.2, -0.15) is 0 Å². The number of fused-ring (bicyclic) bond motifs is 1. The molecule has 10 nitrogen and oxygen atoms in total. The number of halogens is 2. The Morgan fingerprint density at radius 2 is 1.67 bits per heavy atom. The largest absolute Gasteiger partial charge is 0.347 e. The van der Waals surface area contributed by atoms with Gasteiger partial charge in [-0.3, -0.25) is 20.2 Å². The molecule has 0 amide bonds. The molecular formula is C12H5Cl2N5O5. The molecule has 0 radical (unpaired) electrons. The number of aromatic nitrogens is 2. The number of nitro groups is 2. The fourth-order valence-corrected chi connectivity index (χ4v) is 2.38. The van der Waals surface area contributed by atoms with Gasteiger partial charge in [0.25, 0.3) is 0 Å². The van der Waals surface area contributed by atoms with Crippen molar-refractivity contribution < 1.29 is 14.5 Å². The van der Waals surface area contributed by atoms with E-state index in [9.17, 15) is 20.2 Å². The first-order valence-electron chi connectivity index (χ1n) is 6.18. The fourth-order valence-electron chi connectivity index (χ4n) is 2.05. The van der Waals surface area contributed by atoms with E-state index in [0.717, 1.165) is 6.07 Å². The van der Waals surface area contributed by atoms with Crippen molar-refractivity contribution in [1.82, 2.24) is 10.3 Å². The topological polar surface area (TPSA) is 137 Å². The van der Waals surface area contributed by atoms with Crippen molar-refractivity contribution in [1.29, 1.82) is 0 Å². The summed E-state index contributed by atoms with van der Waals surface area (Å²) in [5.74, 6) is 0. The number of nitrogens with zero attached hydrogens (tertiary/aromatic N) is 4. The van der Waals surface area contributed by atoms with Gasteiger partial charge in [-0.25, -0.2) is 4.63 Å². The molecule has 0 fully saturated rings. The highest BCUT2D eigenvalue weighted by Gasteiger charge is 2.29. The maximum absolute atomic E-state index is 11.3. The van der Waals surface area contributed by atoms with E-state index in [4.69, 9.17) is 23.2 Å². The highest BCUT2D eigenvalue weighted by Crippen LogP contribution is 2.40. The lowest BCUT2D eigenvalue weighted by atomic mass is 10.2. The Hall–Kier alpha value is -2.98. The molecule has 0 bridgehead atoms. The summed E-state index contributed by atoms with van der Waals surface area (Å²) >= 11 is 11.9. The van der Waals surface area contributed by atoms with Gasteiger partial charge in [-0.1, -0.05) is 23.2 Å². The van der Waals surface area contributed by atoms with Crippen LogP contribution in [-0.4, -0.2) is 20.2 Å². The molecule has 0 saturated carbocycles. The average Bonchev–Trinajstić information content (AvgIpc) is 2.99. The van der Waals surface area contributed by atoms with E-state index in [1.54, 1.807) is 0 Å². The Bertz CT molecular complexity index is 989. The maximum Gasteiger partial charge on any atom is 0.307 e. The van der Waals surface area contributed by atoms with Crippen LogP contribution in [0.3, 0.4) is 0 Å². The second-order valence-corrected chi connectivity index (χ2v) is 5.36. The van der Waals surface area contributed by atoms with Crippen LogP contribution < -0.4 is 5.32 Å². The minimum atomic E-state index is -0.810. The van der Waals surface area contributed by atoms with Crippen molar-refractivity contribution in [3.05, 3.63) is 54.5 Å². The third kappa shape index (κ3) is 2.68. The summed E-state index contributed by atoms with van der Waals surface area (Å²) in [6, 6.07) is 5.23. The molecule has 0 unspecified atom stereocenters. The maximum atomic E-state index is 11.3. The first-order valence-corrected chi connectivity index (χ1v) is 6.94. The van der Waals surface area contributed by atoms with Gasteiger partial charge in [0.1, 0.15) is 5.69 Å². The molecule has 0 aliphatic rings. The molecule has 1 N–H and O–H groups in total. The molecule has 0 aliphatic carbocycles. The van der Waals surface area contributed by atoms with Gasteiger partial charge in [0.05, 0.1) is 26.6 Å². The van der Waals surface area contributed by atoms with Crippen LogP contribution in [0.1, 0.15) is 0 Å². The molecule has 122 valence electrons. The monoisotopic (exact) mass is 369 g/mol. The van der Waals surface area contributed by atoms with E-state index < -0.39 is 21.2 Å². The number of hydrogen-bond donors (Lipinski definition) is 1. The highest BCUT2D eigenvalue weighted by molar-refractivity contribution is 6.35. The predicted octanol–water partition coefficient (Wildman–Crippen LogP) is 4.09. The van der Waals surface area contributed by atoms with Crippen LogP contribution in [0.4, 0.5) is 22.7 Å². The standard InChI is InChI=1S/C12H5Cl2N5O5/c13-5-1-2-6(14)7(3-5)15-10-8(18(20)21)4-9(19(22)23)11-12(10)17-24-16-11/h1-4,15H. The lowest BCUT2D eigenvalue weighted by Gasteiger charge is -2.09. The first kappa shape index (κ1) is 15.9.